The smallest absolute Gasteiger partial charge is 0.302 e. The molecule has 0 saturated heterocycles. The third-order valence-electron chi connectivity index (χ3n) is 1.49. The van der Waals surface area contributed by atoms with Crippen molar-refractivity contribution in [3.8, 4) is 0 Å². The van der Waals surface area contributed by atoms with Gasteiger partial charge in [0.1, 0.15) is 0 Å². The van der Waals surface area contributed by atoms with Gasteiger partial charge in [0.2, 0.25) is 5.91 Å². The summed E-state index contributed by atoms with van der Waals surface area (Å²) in [5.41, 5.74) is 0. The Morgan fingerprint density at radius 1 is 1.54 bits per heavy atom. The first-order valence-corrected chi connectivity index (χ1v) is 4.09. The highest BCUT2D eigenvalue weighted by molar-refractivity contribution is 5.86. The van der Waals surface area contributed by atoms with Crippen molar-refractivity contribution in [2.45, 2.75) is 13.3 Å². The Hall–Kier alpha value is -1.32. The molecule has 0 heterocycles. The zero-order valence-electron chi connectivity index (χ0n) is 8.08. The van der Waals surface area contributed by atoms with Crippen molar-refractivity contribution in [2.24, 2.45) is 0 Å². The van der Waals surface area contributed by atoms with Crippen LogP contribution < -0.4 is 0 Å². The fraction of sp³-hybridized carbons (Fsp3) is 0.556. The SMILES string of the molecule is C=CC(=O)N(C)CCCOC(C)=O. The number of rotatable bonds is 5. The lowest BCUT2D eigenvalue weighted by Gasteiger charge is -2.14. The highest BCUT2D eigenvalue weighted by Crippen LogP contribution is 1.90. The Labute approximate surface area is 78.2 Å². The summed E-state index contributed by atoms with van der Waals surface area (Å²) in [6.07, 6.45) is 1.90. The van der Waals surface area contributed by atoms with Crippen molar-refractivity contribution in [2.75, 3.05) is 20.2 Å². The lowest BCUT2D eigenvalue weighted by molar-refractivity contribution is -0.141. The monoisotopic (exact) mass is 185 g/mol. The second-order valence-electron chi connectivity index (χ2n) is 2.66. The molecule has 0 aliphatic rings. The Balaban J connectivity index is 3.47. The second-order valence-corrected chi connectivity index (χ2v) is 2.66. The molecule has 0 aliphatic heterocycles. The summed E-state index contributed by atoms with van der Waals surface area (Å²) in [4.78, 5) is 22.8. The van der Waals surface area contributed by atoms with E-state index in [4.69, 9.17) is 4.74 Å². The maximum absolute atomic E-state index is 10.9. The summed E-state index contributed by atoms with van der Waals surface area (Å²) in [5, 5.41) is 0. The quantitative estimate of drug-likeness (QED) is 0.357. The van der Waals surface area contributed by atoms with E-state index in [-0.39, 0.29) is 11.9 Å². The summed E-state index contributed by atoms with van der Waals surface area (Å²) in [6, 6.07) is 0. The van der Waals surface area contributed by atoms with Crippen molar-refractivity contribution >= 4 is 11.9 Å². The van der Waals surface area contributed by atoms with E-state index >= 15 is 0 Å². The van der Waals surface area contributed by atoms with Gasteiger partial charge < -0.3 is 9.64 Å². The molecule has 1 amide bonds. The minimum absolute atomic E-state index is 0.122. The fourth-order valence-corrected chi connectivity index (χ4v) is 0.784. The number of nitrogens with zero attached hydrogens (tertiary/aromatic N) is 1. The first-order chi connectivity index (χ1) is 6.07. The predicted octanol–water partition coefficient (Wildman–Crippen LogP) is 0.584. The van der Waals surface area contributed by atoms with Crippen LogP contribution in [0.15, 0.2) is 12.7 Å². The van der Waals surface area contributed by atoms with Gasteiger partial charge in [-0.3, -0.25) is 9.59 Å². The van der Waals surface area contributed by atoms with Crippen molar-refractivity contribution in [1.29, 1.82) is 0 Å². The van der Waals surface area contributed by atoms with Crippen LogP contribution in [0, 0.1) is 0 Å². The van der Waals surface area contributed by atoms with E-state index in [2.05, 4.69) is 6.58 Å². The molecular weight excluding hydrogens is 170 g/mol. The van der Waals surface area contributed by atoms with Crippen molar-refractivity contribution in [3.05, 3.63) is 12.7 Å². The summed E-state index contributed by atoms with van der Waals surface area (Å²) in [6.45, 7) is 5.64. The van der Waals surface area contributed by atoms with Crippen LogP contribution in [0.5, 0.6) is 0 Å². The number of carbonyl (C=O) groups is 2. The number of hydrogen-bond acceptors (Lipinski definition) is 3. The predicted molar refractivity (Wildman–Crippen MR) is 49.1 cm³/mol. The Kier molecular flexibility index (Phi) is 5.59. The summed E-state index contributed by atoms with van der Waals surface area (Å²) in [7, 11) is 1.68. The average molecular weight is 185 g/mol. The average Bonchev–Trinajstić information content (AvgIpc) is 2.10. The van der Waals surface area contributed by atoms with Gasteiger partial charge in [0, 0.05) is 20.5 Å². The van der Waals surface area contributed by atoms with Crippen LogP contribution in [-0.4, -0.2) is 37.0 Å². The molecule has 0 aromatic carbocycles. The summed E-state index contributed by atoms with van der Waals surface area (Å²) < 4.78 is 4.70. The number of amides is 1. The van der Waals surface area contributed by atoms with Crippen LogP contribution in [-0.2, 0) is 14.3 Å². The molecule has 0 saturated carbocycles. The van der Waals surface area contributed by atoms with Crippen LogP contribution in [0.4, 0.5) is 0 Å². The van der Waals surface area contributed by atoms with Gasteiger partial charge in [0.05, 0.1) is 6.61 Å². The largest absolute Gasteiger partial charge is 0.466 e. The molecule has 0 atom stereocenters. The van der Waals surface area contributed by atoms with Gasteiger partial charge in [-0.25, -0.2) is 0 Å². The molecule has 0 aliphatic carbocycles. The normalized spacial score (nSPS) is 9.08. The molecule has 13 heavy (non-hydrogen) atoms. The maximum Gasteiger partial charge on any atom is 0.302 e. The van der Waals surface area contributed by atoms with Gasteiger partial charge in [-0.05, 0) is 12.5 Å². The highest BCUT2D eigenvalue weighted by Gasteiger charge is 2.02. The van der Waals surface area contributed by atoms with Gasteiger partial charge in [0.25, 0.3) is 0 Å². The second kappa shape index (κ2) is 6.22. The standard InChI is InChI=1S/C9H15NO3/c1-4-9(12)10(3)6-5-7-13-8(2)11/h4H,1,5-7H2,2-3H3. The lowest BCUT2D eigenvalue weighted by atomic mass is 10.4. The highest BCUT2D eigenvalue weighted by atomic mass is 16.5. The third-order valence-corrected chi connectivity index (χ3v) is 1.49. The zero-order chi connectivity index (χ0) is 10.3. The van der Waals surface area contributed by atoms with E-state index in [1.54, 1.807) is 7.05 Å². The van der Waals surface area contributed by atoms with Crippen molar-refractivity contribution in [3.63, 3.8) is 0 Å². The molecule has 4 nitrogen and oxygen atoms in total. The van der Waals surface area contributed by atoms with Gasteiger partial charge in [-0.15, -0.1) is 0 Å². The first kappa shape index (κ1) is 11.7. The van der Waals surface area contributed by atoms with E-state index in [0.29, 0.717) is 19.6 Å². The lowest BCUT2D eigenvalue weighted by Crippen LogP contribution is -2.26. The molecule has 4 heteroatoms. The molecule has 0 radical (unpaired) electrons. The number of likely N-dealkylation sites (N-methyl/N-ethyl adjacent to an activating group) is 1. The number of ether oxygens (including phenoxy) is 1. The first-order valence-electron chi connectivity index (χ1n) is 4.09. The van der Waals surface area contributed by atoms with Gasteiger partial charge in [0.15, 0.2) is 0 Å². The van der Waals surface area contributed by atoms with Gasteiger partial charge >= 0.3 is 5.97 Å². The molecule has 0 rings (SSSR count). The molecule has 0 aromatic heterocycles. The van der Waals surface area contributed by atoms with Crippen molar-refractivity contribution in [1.82, 2.24) is 4.90 Å². The molecule has 0 bridgehead atoms. The molecule has 0 N–H and O–H groups in total. The molecular formula is C9H15NO3. The van der Waals surface area contributed by atoms with E-state index in [9.17, 15) is 9.59 Å². The van der Waals surface area contributed by atoms with E-state index < -0.39 is 0 Å². The van der Waals surface area contributed by atoms with Gasteiger partial charge in [-0.2, -0.15) is 0 Å². The van der Waals surface area contributed by atoms with Crippen LogP contribution in [0.1, 0.15) is 13.3 Å². The Morgan fingerprint density at radius 2 is 2.15 bits per heavy atom. The zero-order valence-corrected chi connectivity index (χ0v) is 8.08. The minimum Gasteiger partial charge on any atom is -0.466 e. The maximum atomic E-state index is 10.9. The molecule has 0 fully saturated rings. The van der Waals surface area contributed by atoms with Crippen LogP contribution in [0.3, 0.4) is 0 Å². The number of hydrogen-bond donors (Lipinski definition) is 0. The number of esters is 1. The Bertz CT molecular complexity index is 201. The number of carbonyl (C=O) groups excluding carboxylic acids is 2. The molecule has 74 valence electrons. The van der Waals surface area contributed by atoms with Gasteiger partial charge in [-0.1, -0.05) is 6.58 Å². The van der Waals surface area contributed by atoms with E-state index in [0.717, 1.165) is 0 Å². The molecule has 0 spiro atoms. The third kappa shape index (κ3) is 5.90. The Morgan fingerprint density at radius 3 is 2.62 bits per heavy atom. The van der Waals surface area contributed by atoms with Crippen molar-refractivity contribution < 1.29 is 14.3 Å². The van der Waals surface area contributed by atoms with E-state index in [1.165, 1.54) is 17.9 Å². The van der Waals surface area contributed by atoms with Crippen LogP contribution in [0.2, 0.25) is 0 Å². The fourth-order valence-electron chi connectivity index (χ4n) is 0.784. The van der Waals surface area contributed by atoms with Crippen LogP contribution >= 0.6 is 0 Å². The summed E-state index contributed by atoms with van der Waals surface area (Å²) >= 11 is 0. The summed E-state index contributed by atoms with van der Waals surface area (Å²) in [5.74, 6) is -0.416. The minimum atomic E-state index is -0.294. The van der Waals surface area contributed by atoms with Crippen LogP contribution in [0.25, 0.3) is 0 Å². The van der Waals surface area contributed by atoms with E-state index in [1.807, 2.05) is 0 Å². The molecule has 0 unspecified atom stereocenters. The topological polar surface area (TPSA) is 46.6 Å². The molecule has 0 aromatic rings.